The Bertz CT molecular complexity index is 3200. The molecule has 0 spiro atoms. The number of esters is 2. The van der Waals surface area contributed by atoms with Crippen LogP contribution in [0.4, 0.5) is 0 Å². The van der Waals surface area contributed by atoms with Crippen molar-refractivity contribution >= 4 is 11.9 Å². The average molecular weight is 687 g/mol. The van der Waals surface area contributed by atoms with E-state index in [2.05, 4.69) is 9.47 Å². The third kappa shape index (κ3) is 34.9. The fourth-order valence-corrected chi connectivity index (χ4v) is 1.44. The van der Waals surface area contributed by atoms with Crippen molar-refractivity contribution in [2.45, 2.75) is 198 Å². The maximum Gasteiger partial charge on any atom is 0.305 e. The highest BCUT2D eigenvalue weighted by molar-refractivity contribution is 5.69. The standard InChI is InChI=1S/C39H72O5/c1-3-5-7-9-11-13-15-17-19-21-23-25-27-29-31-33-38(41)43-35-37(40)36-44-39(42)34-32-30-28-26-24-22-20-18-16-14-12-10-8-6-4-2/h17-20,37,40H,3-16,21-36H2,1-2H3/b19-17-,20-18-/i1D3,2D3,3D2,4D2,5D2,6D2,7D2,8D2,9D2,10D2,11D2,12D2,13D2,14D2,15D2,16D2,17D,18D,19D,20D,21D2,22D2,23D2,24D2,25D2,26D2,27D2,28D2,29D2,30D2,31D2,32D2,33D2,34D2. The molecule has 0 atom stereocenters. The smallest absolute Gasteiger partial charge is 0.305 e. The molecule has 0 aliphatic heterocycles. The lowest BCUT2D eigenvalue weighted by molar-refractivity contribution is -0.152. The lowest BCUT2D eigenvalue weighted by atomic mass is 10.1. The van der Waals surface area contributed by atoms with Crippen LogP contribution in [0.3, 0.4) is 0 Å². The molecule has 0 aromatic heterocycles. The number of ether oxygens (including phenoxy) is 2. The van der Waals surface area contributed by atoms with Crippen molar-refractivity contribution in [1.29, 1.82) is 0 Å². The summed E-state index contributed by atoms with van der Waals surface area (Å²) in [4.78, 5) is 26.4. The minimum Gasteiger partial charge on any atom is -0.463 e. The molecule has 0 aromatic rings. The van der Waals surface area contributed by atoms with Gasteiger partial charge in [0.2, 0.25) is 0 Å². The van der Waals surface area contributed by atoms with E-state index in [1.54, 1.807) is 0 Å². The van der Waals surface area contributed by atoms with Crippen LogP contribution in [0.1, 0.15) is 283 Å². The molecule has 5 nitrogen and oxygen atoms in total. The Morgan fingerprint density at radius 1 is 0.545 bits per heavy atom. The summed E-state index contributed by atoms with van der Waals surface area (Å²) in [6, 6.07) is -11.1. The predicted octanol–water partition coefficient (Wildman–Crippen LogP) is 11.5. The van der Waals surface area contributed by atoms with Gasteiger partial charge in [-0.3, -0.25) is 9.59 Å². The second kappa shape index (κ2) is 35.9. The van der Waals surface area contributed by atoms with Gasteiger partial charge in [0.05, 0.1) is 5.48 Å². The Morgan fingerprint density at radius 2 is 0.841 bits per heavy atom. The summed E-state index contributed by atoms with van der Waals surface area (Å²) >= 11 is 0. The van der Waals surface area contributed by atoms with Gasteiger partial charge in [-0.1, -0.05) is 140 Å². The van der Waals surface area contributed by atoms with Crippen LogP contribution in [0, 0.1) is 0 Å². The van der Waals surface area contributed by atoms with Gasteiger partial charge in [0.1, 0.15) is 19.3 Å². The van der Waals surface area contributed by atoms with E-state index in [-0.39, 0.29) is 0 Å². The third-order valence-corrected chi connectivity index (χ3v) is 2.89. The monoisotopic (exact) mass is 687 g/mol. The van der Waals surface area contributed by atoms with Crippen LogP contribution in [0.15, 0.2) is 24.2 Å². The number of allylic oxidation sites excluding steroid dienone is 4. The van der Waals surface area contributed by atoms with Gasteiger partial charge in [-0.05, 0) is 63.7 Å². The molecule has 0 fully saturated rings. The van der Waals surface area contributed by atoms with Crippen molar-refractivity contribution < 1.29 is 115 Å². The molecule has 258 valence electrons. The predicted molar refractivity (Wildman–Crippen MR) is 187 cm³/mol. The number of hydrogen-bond donors (Lipinski definition) is 1. The third-order valence-electron chi connectivity index (χ3n) is 2.89. The van der Waals surface area contributed by atoms with Crippen LogP contribution in [0.25, 0.3) is 0 Å². The van der Waals surface area contributed by atoms with Crippen molar-refractivity contribution in [3.05, 3.63) is 24.2 Å². The van der Waals surface area contributed by atoms with Crippen molar-refractivity contribution in [3.63, 3.8) is 0 Å². The van der Waals surface area contributed by atoms with Crippen molar-refractivity contribution in [2.24, 2.45) is 0 Å². The summed E-state index contributed by atoms with van der Waals surface area (Å²) in [7, 11) is 0. The molecule has 5 heteroatoms. The highest BCUT2D eigenvalue weighted by Gasteiger charge is 2.12. The molecule has 1 N–H and O–H groups in total. The van der Waals surface area contributed by atoms with Gasteiger partial charge in [0, 0.05) is 97.7 Å². The number of carbonyl (C=O) groups is 2. The van der Waals surface area contributed by atoms with Crippen LogP contribution >= 0.6 is 0 Å². The number of hydrogen-bond acceptors (Lipinski definition) is 5. The van der Waals surface area contributed by atoms with E-state index in [0.29, 0.717) is 0 Å². The second-order valence-corrected chi connectivity index (χ2v) is 5.85. The summed E-state index contributed by atoms with van der Waals surface area (Å²) in [5, 5.41) is 10.5. The molecule has 0 rings (SSSR count). The lowest BCUT2D eigenvalue weighted by Crippen LogP contribution is -2.25. The minimum absolute atomic E-state index is 1.96. The van der Waals surface area contributed by atoms with Crippen LogP contribution in [0.2, 0.25) is 0 Å². The summed E-state index contributed by atoms with van der Waals surface area (Å²) < 4.78 is 545. The fourth-order valence-electron chi connectivity index (χ4n) is 1.44. The molecule has 0 aromatic carbocycles. The molecule has 0 saturated heterocycles. The zero-order chi connectivity index (χ0) is 90.9. The summed E-state index contributed by atoms with van der Waals surface area (Å²) in [5.74, 6) is -5.71. The Hall–Kier alpha value is -1.62. The highest BCUT2D eigenvalue weighted by atomic mass is 16.6. The van der Waals surface area contributed by atoms with Gasteiger partial charge in [0.15, 0.2) is 0 Å². The fraction of sp³-hybridized carbons (Fsp3) is 0.846. The maximum absolute atomic E-state index is 13.2. The molecule has 0 aliphatic rings. The first-order valence-corrected chi connectivity index (χ1v) is 11.0. The summed E-state index contributed by atoms with van der Waals surface area (Å²) in [6.45, 7) is -12.4. The highest BCUT2D eigenvalue weighted by Crippen LogP contribution is 2.12. The lowest BCUT2D eigenvalue weighted by Gasteiger charge is -2.12. The molecular weight excluding hydrogens is 548 g/mol. The Labute approximate surface area is 365 Å². The largest absolute Gasteiger partial charge is 0.463 e. The number of carbonyl (C=O) groups excluding carboxylic acids is 2. The molecular formula is C39H72O5. The first kappa shape index (κ1) is 6.29. The van der Waals surface area contributed by atoms with Crippen LogP contribution in [0.5, 0.6) is 0 Å². The van der Waals surface area contributed by atoms with E-state index in [0.717, 1.165) is 0 Å². The zero-order valence-corrected chi connectivity index (χ0v) is 22.1. The number of aliphatic hydroxyl groups is 1. The van der Waals surface area contributed by atoms with Crippen LogP contribution in [-0.4, -0.2) is 36.4 Å². The molecule has 44 heavy (non-hydrogen) atoms. The Kier molecular flexibility index (Phi) is 5.13. The van der Waals surface area contributed by atoms with Crippen molar-refractivity contribution in [1.82, 2.24) is 0 Å². The maximum atomic E-state index is 13.2. The van der Waals surface area contributed by atoms with Gasteiger partial charge >= 0.3 is 11.9 Å². The topological polar surface area (TPSA) is 72.8 Å². The normalized spacial score (nSPS) is 45.1. The molecule has 0 amide bonds. The first-order chi connectivity index (χ1) is 46.6. The molecule has 0 aliphatic carbocycles. The first-order valence-electron chi connectivity index (χ1n) is 44.0. The summed E-state index contributed by atoms with van der Waals surface area (Å²) in [6.07, 6.45) is -144. The number of aliphatic hydroxyl groups excluding tert-OH is 1. The molecule has 0 saturated carbocycles. The van der Waals surface area contributed by atoms with E-state index in [1.165, 1.54) is 0 Å². The van der Waals surface area contributed by atoms with Gasteiger partial charge in [0.25, 0.3) is 0 Å². The van der Waals surface area contributed by atoms with E-state index in [9.17, 15) is 14.7 Å². The van der Waals surface area contributed by atoms with E-state index >= 15 is 0 Å². The Balaban J connectivity index is 7.42. The van der Waals surface area contributed by atoms with E-state index in [1.807, 2.05) is 0 Å². The van der Waals surface area contributed by atoms with Gasteiger partial charge in [-0.25, -0.2) is 0 Å². The van der Waals surface area contributed by atoms with Gasteiger partial charge in [-0.15, -0.1) is 0 Å². The molecule has 0 bridgehead atoms. The van der Waals surface area contributed by atoms with E-state index in [4.69, 9.17) is 90.5 Å². The minimum atomic E-state index is -5.28. The van der Waals surface area contributed by atoms with Gasteiger partial charge < -0.3 is 14.6 Å². The molecule has 0 heterocycles. The van der Waals surface area contributed by atoms with Gasteiger partial charge in [-0.2, -0.15) is 0 Å². The second-order valence-electron chi connectivity index (χ2n) is 5.85. The quantitative estimate of drug-likeness (QED) is 0.0539. The number of rotatable bonds is 34. The van der Waals surface area contributed by atoms with Crippen molar-refractivity contribution in [3.8, 4) is 0 Å². The average Bonchev–Trinajstić information content (AvgIpc) is 0.703. The van der Waals surface area contributed by atoms with Crippen LogP contribution < -0.4 is 0 Å². The van der Waals surface area contributed by atoms with Crippen molar-refractivity contribution in [2.75, 3.05) is 13.2 Å². The summed E-state index contributed by atoms with van der Waals surface area (Å²) in [5.41, 5.74) is 0. The zero-order valence-electron chi connectivity index (χ0n) is 88.1. The van der Waals surface area contributed by atoms with E-state index < -0.39 is 248 Å². The SMILES string of the molecule is [2H]/C(=C(\[2H])C([2H])([2H])C([2H])([2H])C([2H])([2H])C([2H])([2H])C([2H])([2H])C([2H])([2H])C([2H])([2H])C([2H])([2H])[2H])C([2H])([2H])C([2H])([2H])C([2H])([2H])C([2H])([2H])C([2H])([2H])C([2H])([2H])C([2H])([2H])C(=O)OCC(O)COC(=O)C([2H])([2H])C([2H])([2H])C([2H])([2H])C([2H])([2H])C([2H])([2H])C([2H])([2H])C([2H])([2H])/C([2H])=C(/[2H])C([2H])([2H])C([2H])([2H])C([2H])([2H])C([2H])([2H])C([2H])([2H])C([2H])([2H])C([2H])([2H])C([2H])([2H])[2H]. The van der Waals surface area contributed by atoms with Crippen LogP contribution in [-0.2, 0) is 19.1 Å². The molecule has 0 unspecified atom stereocenters. The molecule has 0 radical (unpaired) electrons. The Morgan fingerprint density at radius 3 is 1.18 bits per heavy atom.